The zero-order valence-corrected chi connectivity index (χ0v) is 8.69. The first-order valence-electron chi connectivity index (χ1n) is 4.74. The van der Waals surface area contributed by atoms with Gasteiger partial charge in [0, 0.05) is 25.2 Å². The molecule has 15 heavy (non-hydrogen) atoms. The van der Waals surface area contributed by atoms with Crippen LogP contribution in [0.5, 0.6) is 0 Å². The first-order chi connectivity index (χ1) is 7.16. The molecule has 0 radical (unpaired) electrons. The smallest absolute Gasteiger partial charge is 0.328 e. The van der Waals surface area contributed by atoms with Crippen LogP contribution in [0.4, 0.5) is 0 Å². The Labute approximate surface area is 88.9 Å². The van der Waals surface area contributed by atoms with Gasteiger partial charge in [0.1, 0.15) is 0 Å². The molecule has 0 rings (SSSR count). The summed E-state index contributed by atoms with van der Waals surface area (Å²) in [7, 11) is 0. The molecular weight excluding hydrogens is 196 g/mol. The van der Waals surface area contributed by atoms with Gasteiger partial charge in [-0.15, -0.1) is 0 Å². The molecule has 0 atom stereocenters. The number of allylic oxidation sites excluding steroid dienone is 1. The summed E-state index contributed by atoms with van der Waals surface area (Å²) in [6.45, 7) is 3.09. The van der Waals surface area contributed by atoms with Crippen LogP contribution in [-0.4, -0.2) is 30.1 Å². The van der Waals surface area contributed by atoms with Crippen molar-refractivity contribution in [3.63, 3.8) is 0 Å². The topological polar surface area (TPSA) is 78.4 Å². The summed E-state index contributed by atoms with van der Waals surface area (Å²) in [4.78, 5) is 21.0. The summed E-state index contributed by atoms with van der Waals surface area (Å²) < 4.78 is 0. The average molecular weight is 212 g/mol. The third kappa shape index (κ3) is 10.1. The van der Waals surface area contributed by atoms with Crippen LogP contribution in [0, 0.1) is 0 Å². The molecule has 0 aliphatic heterocycles. The maximum atomic E-state index is 10.9. The van der Waals surface area contributed by atoms with Crippen LogP contribution in [0.2, 0.25) is 0 Å². The molecular formula is C10H16N2O3. The minimum Gasteiger partial charge on any atom is -0.478 e. The Bertz CT molecular complexity index is 259. The molecule has 0 aromatic carbocycles. The van der Waals surface area contributed by atoms with E-state index in [0.717, 1.165) is 18.6 Å². The quantitative estimate of drug-likeness (QED) is 0.418. The van der Waals surface area contributed by atoms with Gasteiger partial charge in [0.25, 0.3) is 0 Å². The van der Waals surface area contributed by atoms with Crippen LogP contribution in [0.3, 0.4) is 0 Å². The molecule has 0 saturated carbocycles. The average Bonchev–Trinajstić information content (AvgIpc) is 2.20. The minimum atomic E-state index is -1.13. The van der Waals surface area contributed by atoms with E-state index >= 15 is 0 Å². The molecule has 0 heterocycles. The summed E-state index contributed by atoms with van der Waals surface area (Å²) in [5.41, 5.74) is 0. The largest absolute Gasteiger partial charge is 0.478 e. The van der Waals surface area contributed by atoms with Crippen LogP contribution < -0.4 is 10.6 Å². The van der Waals surface area contributed by atoms with E-state index in [2.05, 4.69) is 10.6 Å². The Morgan fingerprint density at radius 1 is 1.27 bits per heavy atom. The zero-order chi connectivity index (χ0) is 11.5. The van der Waals surface area contributed by atoms with Crippen molar-refractivity contribution in [1.29, 1.82) is 0 Å². The predicted octanol–water partition coefficient (Wildman–Crippen LogP) is 0.257. The molecule has 0 aliphatic carbocycles. The summed E-state index contributed by atoms with van der Waals surface area (Å²) in [5.74, 6) is -1.53. The van der Waals surface area contributed by atoms with Crippen LogP contribution in [-0.2, 0) is 9.59 Å². The van der Waals surface area contributed by atoms with Crippen molar-refractivity contribution in [3.05, 3.63) is 24.4 Å². The lowest BCUT2D eigenvalue weighted by Crippen LogP contribution is -2.28. The molecule has 0 aliphatic rings. The highest BCUT2D eigenvalue weighted by Gasteiger charge is 1.94. The lowest BCUT2D eigenvalue weighted by molar-refractivity contribution is -0.131. The lowest BCUT2D eigenvalue weighted by Gasteiger charge is -2.01. The van der Waals surface area contributed by atoms with E-state index in [-0.39, 0.29) is 0 Å². The Kier molecular flexibility index (Phi) is 7.76. The number of carboxylic acid groups (broad SMARTS) is 1. The Morgan fingerprint density at radius 3 is 2.60 bits per heavy atom. The standard InChI is InChI=1S/C10H16N2O3/c1-2-3-6-11-7-8-12-9(13)4-5-10(14)15/h3-6,11H,2,7-8H2,1H3,(H,12,13)(H,14,15)/b5-4+,6-3+. The van der Waals surface area contributed by atoms with Gasteiger partial charge in [-0.3, -0.25) is 4.79 Å². The molecule has 0 saturated heterocycles. The maximum absolute atomic E-state index is 10.9. The second-order valence-electron chi connectivity index (χ2n) is 2.73. The third-order valence-corrected chi connectivity index (χ3v) is 1.42. The molecule has 1 amide bonds. The molecule has 0 aromatic heterocycles. The molecule has 0 spiro atoms. The van der Waals surface area contributed by atoms with E-state index in [1.165, 1.54) is 0 Å². The Balaban J connectivity index is 3.47. The minimum absolute atomic E-state index is 0.404. The fraction of sp³-hybridized carbons (Fsp3) is 0.400. The summed E-state index contributed by atoms with van der Waals surface area (Å²) in [6, 6.07) is 0. The van der Waals surface area contributed by atoms with Crippen molar-refractivity contribution in [1.82, 2.24) is 10.6 Å². The predicted molar refractivity (Wildman–Crippen MR) is 57.2 cm³/mol. The van der Waals surface area contributed by atoms with Crippen molar-refractivity contribution in [3.8, 4) is 0 Å². The van der Waals surface area contributed by atoms with E-state index in [1.54, 1.807) is 0 Å². The van der Waals surface area contributed by atoms with Gasteiger partial charge in [0.2, 0.25) is 5.91 Å². The molecule has 0 unspecified atom stereocenters. The summed E-state index contributed by atoms with van der Waals surface area (Å²) in [6.07, 6.45) is 6.54. The van der Waals surface area contributed by atoms with Crippen molar-refractivity contribution in [2.24, 2.45) is 0 Å². The maximum Gasteiger partial charge on any atom is 0.328 e. The first kappa shape index (κ1) is 13.2. The summed E-state index contributed by atoms with van der Waals surface area (Å²) in [5, 5.41) is 13.7. The number of hydrogen-bond donors (Lipinski definition) is 3. The highest BCUT2D eigenvalue weighted by atomic mass is 16.4. The molecule has 5 nitrogen and oxygen atoms in total. The molecule has 5 heteroatoms. The van der Waals surface area contributed by atoms with Crippen LogP contribution in [0.15, 0.2) is 24.4 Å². The molecule has 3 N–H and O–H groups in total. The highest BCUT2D eigenvalue weighted by Crippen LogP contribution is 1.76. The number of nitrogens with one attached hydrogen (secondary N) is 2. The van der Waals surface area contributed by atoms with Gasteiger partial charge in [0.15, 0.2) is 0 Å². The normalized spacial score (nSPS) is 10.7. The van der Waals surface area contributed by atoms with Gasteiger partial charge in [-0.1, -0.05) is 13.0 Å². The number of carbonyl (C=O) groups is 2. The second kappa shape index (κ2) is 8.80. The molecule has 84 valence electrons. The van der Waals surface area contributed by atoms with Crippen LogP contribution in [0.1, 0.15) is 13.3 Å². The van der Waals surface area contributed by atoms with E-state index in [4.69, 9.17) is 5.11 Å². The molecule has 0 fully saturated rings. The number of carboxylic acids is 1. The van der Waals surface area contributed by atoms with E-state index < -0.39 is 11.9 Å². The van der Waals surface area contributed by atoms with Gasteiger partial charge < -0.3 is 15.7 Å². The molecule has 0 aromatic rings. The fourth-order valence-corrected chi connectivity index (χ4v) is 0.748. The van der Waals surface area contributed by atoms with Gasteiger partial charge in [0.05, 0.1) is 0 Å². The first-order valence-corrected chi connectivity index (χ1v) is 4.74. The SMILES string of the molecule is CC/C=C/NCCNC(=O)/C=C/C(=O)O. The zero-order valence-electron chi connectivity index (χ0n) is 8.69. The van der Waals surface area contributed by atoms with Crippen molar-refractivity contribution >= 4 is 11.9 Å². The lowest BCUT2D eigenvalue weighted by atomic mass is 10.4. The third-order valence-electron chi connectivity index (χ3n) is 1.42. The number of hydrogen-bond acceptors (Lipinski definition) is 3. The van der Waals surface area contributed by atoms with E-state index in [0.29, 0.717) is 13.1 Å². The Hall–Kier alpha value is -1.78. The van der Waals surface area contributed by atoms with Gasteiger partial charge >= 0.3 is 5.97 Å². The second-order valence-corrected chi connectivity index (χ2v) is 2.73. The highest BCUT2D eigenvalue weighted by molar-refractivity contribution is 5.93. The van der Waals surface area contributed by atoms with Crippen molar-refractivity contribution in [2.45, 2.75) is 13.3 Å². The van der Waals surface area contributed by atoms with Crippen LogP contribution in [0.25, 0.3) is 0 Å². The molecule has 0 bridgehead atoms. The van der Waals surface area contributed by atoms with E-state index in [9.17, 15) is 9.59 Å². The Morgan fingerprint density at radius 2 is 2.00 bits per heavy atom. The number of amides is 1. The number of aliphatic carboxylic acids is 1. The van der Waals surface area contributed by atoms with Gasteiger partial charge in [-0.2, -0.15) is 0 Å². The van der Waals surface area contributed by atoms with E-state index in [1.807, 2.05) is 19.2 Å². The number of carbonyl (C=O) groups excluding carboxylic acids is 1. The summed E-state index contributed by atoms with van der Waals surface area (Å²) >= 11 is 0. The monoisotopic (exact) mass is 212 g/mol. The van der Waals surface area contributed by atoms with Crippen LogP contribution >= 0.6 is 0 Å². The van der Waals surface area contributed by atoms with Gasteiger partial charge in [-0.05, 0) is 12.6 Å². The number of rotatable bonds is 7. The van der Waals surface area contributed by atoms with Gasteiger partial charge in [-0.25, -0.2) is 4.79 Å². The van der Waals surface area contributed by atoms with Crippen molar-refractivity contribution in [2.75, 3.05) is 13.1 Å². The fourth-order valence-electron chi connectivity index (χ4n) is 0.748. The van der Waals surface area contributed by atoms with Crippen molar-refractivity contribution < 1.29 is 14.7 Å².